The largest absolute Gasteiger partial charge is 0.491 e. The van der Waals surface area contributed by atoms with Crippen molar-refractivity contribution in [2.24, 2.45) is 0 Å². The maximum Gasteiger partial charge on any atom is 0.308 e. The molecule has 6 heteroatoms. The molecule has 0 saturated carbocycles. The third-order valence-corrected chi connectivity index (χ3v) is 3.74. The molecule has 0 radical (unpaired) electrons. The molecule has 1 aromatic heterocycles. The van der Waals surface area contributed by atoms with Crippen LogP contribution < -0.4 is 19.8 Å². The molecule has 0 atom stereocenters. The molecule has 140 valence electrons. The molecule has 0 bridgehead atoms. The number of carbonyl (C=O) groups is 1. The minimum absolute atomic E-state index is 0.00305. The Labute approximate surface area is 156 Å². The number of benzene rings is 2. The summed E-state index contributed by atoms with van der Waals surface area (Å²) in [5.74, 6) is 0.110. The Morgan fingerprint density at radius 1 is 1.07 bits per heavy atom. The van der Waals surface area contributed by atoms with Crippen LogP contribution in [-0.4, -0.2) is 17.1 Å². The first-order valence-corrected chi connectivity index (χ1v) is 8.66. The predicted molar refractivity (Wildman–Crippen MR) is 102 cm³/mol. The Bertz CT molecular complexity index is 1010. The molecule has 0 aliphatic carbocycles. The van der Waals surface area contributed by atoms with Gasteiger partial charge in [0.25, 0.3) is 5.56 Å². The highest BCUT2D eigenvalue weighted by molar-refractivity contribution is 5.89. The molecule has 0 aliphatic heterocycles. The molecule has 3 aromatic rings. The number of nitrogens with one attached hydrogen (secondary N) is 1. The van der Waals surface area contributed by atoms with Crippen molar-refractivity contribution in [1.29, 1.82) is 0 Å². The Balaban J connectivity index is 2.07. The van der Waals surface area contributed by atoms with E-state index in [9.17, 15) is 9.59 Å². The van der Waals surface area contributed by atoms with Crippen LogP contribution in [0.1, 0.15) is 26.3 Å². The van der Waals surface area contributed by atoms with Crippen LogP contribution >= 0.6 is 0 Å². The Hall–Kier alpha value is -3.28. The fraction of sp³-hybridized carbons (Fsp3) is 0.238. The van der Waals surface area contributed by atoms with Gasteiger partial charge in [-0.25, -0.2) is 0 Å². The van der Waals surface area contributed by atoms with Gasteiger partial charge in [0.2, 0.25) is 5.75 Å². The van der Waals surface area contributed by atoms with Gasteiger partial charge in [-0.2, -0.15) is 0 Å². The number of hydrogen-bond donors (Lipinski definition) is 1. The number of rotatable bonds is 6. The summed E-state index contributed by atoms with van der Waals surface area (Å²) in [7, 11) is 0. The lowest BCUT2D eigenvalue weighted by Crippen LogP contribution is -2.16. The van der Waals surface area contributed by atoms with Crippen molar-refractivity contribution in [3.8, 4) is 17.2 Å². The van der Waals surface area contributed by atoms with Gasteiger partial charge in [-0.3, -0.25) is 9.59 Å². The van der Waals surface area contributed by atoms with Gasteiger partial charge in [0.15, 0.2) is 5.75 Å². The molecular weight excluding hydrogens is 346 g/mol. The van der Waals surface area contributed by atoms with E-state index in [4.69, 9.17) is 14.2 Å². The van der Waals surface area contributed by atoms with Crippen molar-refractivity contribution >= 4 is 16.9 Å². The van der Waals surface area contributed by atoms with Crippen LogP contribution in [0.3, 0.4) is 0 Å². The normalized spacial score (nSPS) is 10.8. The van der Waals surface area contributed by atoms with Crippen molar-refractivity contribution in [2.45, 2.75) is 33.5 Å². The van der Waals surface area contributed by atoms with E-state index in [0.29, 0.717) is 16.7 Å². The van der Waals surface area contributed by atoms with Crippen LogP contribution in [-0.2, 0) is 11.4 Å². The van der Waals surface area contributed by atoms with Gasteiger partial charge in [-0.1, -0.05) is 30.3 Å². The molecule has 0 unspecified atom stereocenters. The zero-order chi connectivity index (χ0) is 19.4. The number of H-pyrrole nitrogens is 1. The van der Waals surface area contributed by atoms with E-state index in [-0.39, 0.29) is 24.2 Å². The second-order valence-corrected chi connectivity index (χ2v) is 6.35. The second kappa shape index (κ2) is 7.95. The second-order valence-electron chi connectivity index (χ2n) is 6.35. The summed E-state index contributed by atoms with van der Waals surface area (Å²) < 4.78 is 16.7. The van der Waals surface area contributed by atoms with Crippen LogP contribution in [0.25, 0.3) is 10.9 Å². The van der Waals surface area contributed by atoms with E-state index in [2.05, 4.69) is 4.98 Å². The molecule has 0 spiro atoms. The molecule has 0 aliphatic rings. The molecular formula is C21H21NO5. The maximum absolute atomic E-state index is 12.5. The molecule has 0 fully saturated rings. The highest BCUT2D eigenvalue weighted by atomic mass is 16.6. The quantitative estimate of drug-likeness (QED) is 0.670. The predicted octanol–water partition coefficient (Wildman–Crippen LogP) is 3.82. The Morgan fingerprint density at radius 3 is 2.48 bits per heavy atom. The zero-order valence-electron chi connectivity index (χ0n) is 15.4. The van der Waals surface area contributed by atoms with Crippen molar-refractivity contribution in [1.82, 2.24) is 4.98 Å². The molecule has 0 amide bonds. The van der Waals surface area contributed by atoms with Gasteiger partial charge in [-0.15, -0.1) is 0 Å². The van der Waals surface area contributed by atoms with Crippen molar-refractivity contribution in [3.63, 3.8) is 0 Å². The number of esters is 1. The molecule has 27 heavy (non-hydrogen) atoms. The number of carbonyl (C=O) groups excluding carboxylic acids is 1. The number of ether oxygens (including phenoxy) is 3. The van der Waals surface area contributed by atoms with Crippen molar-refractivity contribution in [2.75, 3.05) is 0 Å². The first kappa shape index (κ1) is 18.5. The number of fused-ring (bicyclic) bond motifs is 1. The molecule has 1 heterocycles. The first-order valence-electron chi connectivity index (χ1n) is 8.66. The van der Waals surface area contributed by atoms with Crippen molar-refractivity contribution in [3.05, 3.63) is 64.4 Å². The number of pyridine rings is 1. The standard InChI is InChI=1S/C21H21NO5/c1-13(2)26-16-9-10-17-18(11-16)22-21(24)20(27-14(3)23)19(17)25-12-15-7-5-4-6-8-15/h4-11,13H,12H2,1-3H3,(H,22,24). The molecule has 2 aromatic carbocycles. The minimum Gasteiger partial charge on any atom is -0.491 e. The Kier molecular flexibility index (Phi) is 5.45. The summed E-state index contributed by atoms with van der Waals surface area (Å²) in [5.41, 5.74) is 0.930. The van der Waals surface area contributed by atoms with E-state index in [0.717, 1.165) is 5.56 Å². The van der Waals surface area contributed by atoms with Gasteiger partial charge in [0.05, 0.1) is 11.6 Å². The van der Waals surface area contributed by atoms with E-state index >= 15 is 0 Å². The summed E-state index contributed by atoms with van der Waals surface area (Å²) in [6.45, 7) is 5.32. The fourth-order valence-corrected chi connectivity index (χ4v) is 2.68. The highest BCUT2D eigenvalue weighted by Crippen LogP contribution is 2.34. The van der Waals surface area contributed by atoms with Gasteiger partial charge in [0, 0.05) is 18.4 Å². The Morgan fingerprint density at radius 2 is 1.81 bits per heavy atom. The van der Waals surface area contributed by atoms with E-state index in [1.807, 2.05) is 44.2 Å². The van der Waals surface area contributed by atoms with E-state index < -0.39 is 11.5 Å². The zero-order valence-corrected chi connectivity index (χ0v) is 15.4. The summed E-state index contributed by atoms with van der Waals surface area (Å²) in [6, 6.07) is 14.8. The summed E-state index contributed by atoms with van der Waals surface area (Å²) >= 11 is 0. The van der Waals surface area contributed by atoms with Crippen LogP contribution in [0.2, 0.25) is 0 Å². The first-order chi connectivity index (χ1) is 12.9. The molecule has 0 saturated heterocycles. The number of aromatic nitrogens is 1. The lowest BCUT2D eigenvalue weighted by molar-refractivity contribution is -0.132. The summed E-state index contributed by atoms with van der Waals surface area (Å²) in [6.07, 6.45) is 0.00305. The lowest BCUT2D eigenvalue weighted by Gasteiger charge is -2.15. The van der Waals surface area contributed by atoms with Crippen LogP contribution in [0.4, 0.5) is 0 Å². The van der Waals surface area contributed by atoms with Crippen LogP contribution in [0, 0.1) is 0 Å². The summed E-state index contributed by atoms with van der Waals surface area (Å²) in [4.78, 5) is 26.7. The van der Waals surface area contributed by atoms with Gasteiger partial charge >= 0.3 is 5.97 Å². The SMILES string of the molecule is CC(=O)Oc1c(OCc2ccccc2)c2ccc(OC(C)C)cc2[nH]c1=O. The third-order valence-electron chi connectivity index (χ3n) is 3.74. The molecule has 3 rings (SSSR count). The van der Waals surface area contributed by atoms with Gasteiger partial charge in [0.1, 0.15) is 12.4 Å². The van der Waals surface area contributed by atoms with Crippen LogP contribution in [0.15, 0.2) is 53.3 Å². The smallest absolute Gasteiger partial charge is 0.308 e. The average molecular weight is 367 g/mol. The number of hydrogen-bond acceptors (Lipinski definition) is 5. The highest BCUT2D eigenvalue weighted by Gasteiger charge is 2.18. The molecule has 1 N–H and O–H groups in total. The summed E-state index contributed by atoms with van der Waals surface area (Å²) in [5, 5.41) is 0.623. The van der Waals surface area contributed by atoms with E-state index in [1.54, 1.807) is 18.2 Å². The minimum atomic E-state index is -0.593. The van der Waals surface area contributed by atoms with Crippen LogP contribution in [0.5, 0.6) is 17.2 Å². The van der Waals surface area contributed by atoms with E-state index in [1.165, 1.54) is 6.92 Å². The van der Waals surface area contributed by atoms with Gasteiger partial charge < -0.3 is 19.2 Å². The average Bonchev–Trinajstić information content (AvgIpc) is 2.61. The number of aromatic amines is 1. The van der Waals surface area contributed by atoms with Crippen molar-refractivity contribution < 1.29 is 19.0 Å². The lowest BCUT2D eigenvalue weighted by atomic mass is 10.1. The molecule has 6 nitrogen and oxygen atoms in total. The fourth-order valence-electron chi connectivity index (χ4n) is 2.68. The maximum atomic E-state index is 12.5. The third kappa shape index (κ3) is 4.47. The monoisotopic (exact) mass is 367 g/mol. The topological polar surface area (TPSA) is 77.6 Å². The van der Waals surface area contributed by atoms with Gasteiger partial charge in [-0.05, 0) is 31.5 Å².